The van der Waals surface area contributed by atoms with Gasteiger partial charge in [0, 0.05) is 67.2 Å². The molecule has 0 saturated carbocycles. The molecule has 7 nitrogen and oxygen atoms in total. The third kappa shape index (κ3) is 5.22. The Labute approximate surface area is 193 Å². The highest BCUT2D eigenvalue weighted by Crippen LogP contribution is 2.27. The Hall–Kier alpha value is -2.64. The van der Waals surface area contributed by atoms with Crippen LogP contribution in [0.25, 0.3) is 16.9 Å². The number of hydrogen-bond acceptors (Lipinski definition) is 5. The van der Waals surface area contributed by atoms with Crippen LogP contribution in [0.2, 0.25) is 5.02 Å². The number of fused-ring (bicyclic) bond motifs is 1. The lowest BCUT2D eigenvalue weighted by molar-refractivity contribution is -0.125. The summed E-state index contributed by atoms with van der Waals surface area (Å²) in [6.45, 7) is 7.68. The molecule has 2 aromatic heterocycles. The van der Waals surface area contributed by atoms with Crippen LogP contribution >= 0.6 is 11.6 Å². The maximum Gasteiger partial charge on any atom is 0.223 e. The standard InChI is InChI=1S/C24H30ClN5O2/c1-3-32-14-4-11-26-24(31)19-9-12-29(13-10-19)23-15-17(2)27-22-16-21(28-30(22)23)18-5-7-20(25)8-6-18/h5-8,15-16,19H,3-4,9-14H2,1-2H3,(H,26,31). The van der Waals surface area contributed by atoms with Gasteiger partial charge in [0.05, 0.1) is 5.69 Å². The minimum absolute atomic E-state index is 0.0546. The van der Waals surface area contributed by atoms with Crippen molar-refractivity contribution in [2.45, 2.75) is 33.1 Å². The first-order valence-corrected chi connectivity index (χ1v) is 11.7. The highest BCUT2D eigenvalue weighted by Gasteiger charge is 2.26. The van der Waals surface area contributed by atoms with E-state index >= 15 is 0 Å². The number of carbonyl (C=O) groups excluding carboxylic acids is 1. The minimum Gasteiger partial charge on any atom is -0.382 e. The molecular weight excluding hydrogens is 426 g/mol. The van der Waals surface area contributed by atoms with Gasteiger partial charge < -0.3 is 15.0 Å². The molecule has 0 spiro atoms. The molecule has 1 aliphatic rings. The van der Waals surface area contributed by atoms with E-state index in [1.807, 2.05) is 48.7 Å². The topological polar surface area (TPSA) is 71.8 Å². The summed E-state index contributed by atoms with van der Waals surface area (Å²) in [5.74, 6) is 1.23. The van der Waals surface area contributed by atoms with E-state index in [0.717, 1.165) is 60.8 Å². The van der Waals surface area contributed by atoms with Crippen LogP contribution in [0.3, 0.4) is 0 Å². The predicted molar refractivity (Wildman–Crippen MR) is 127 cm³/mol. The molecule has 0 radical (unpaired) electrons. The van der Waals surface area contributed by atoms with Crippen LogP contribution in [0.4, 0.5) is 5.82 Å². The second kappa shape index (κ2) is 10.3. The summed E-state index contributed by atoms with van der Waals surface area (Å²) in [5.41, 5.74) is 3.63. The molecule has 3 heterocycles. The van der Waals surface area contributed by atoms with Gasteiger partial charge in [-0.15, -0.1) is 0 Å². The molecule has 1 fully saturated rings. The molecule has 1 aromatic carbocycles. The molecule has 3 aromatic rings. The number of aryl methyl sites for hydroxylation is 1. The maximum atomic E-state index is 12.5. The predicted octanol–water partition coefficient (Wildman–Crippen LogP) is 4.12. The fourth-order valence-electron chi connectivity index (χ4n) is 4.11. The van der Waals surface area contributed by atoms with E-state index in [1.54, 1.807) is 0 Å². The summed E-state index contributed by atoms with van der Waals surface area (Å²) in [6.07, 6.45) is 2.50. The second-order valence-electron chi connectivity index (χ2n) is 8.17. The Bertz CT molecular complexity index is 1060. The van der Waals surface area contributed by atoms with Gasteiger partial charge in [0.1, 0.15) is 5.82 Å². The first-order valence-electron chi connectivity index (χ1n) is 11.3. The Morgan fingerprint density at radius 2 is 1.97 bits per heavy atom. The van der Waals surface area contributed by atoms with Gasteiger partial charge >= 0.3 is 0 Å². The molecule has 0 aliphatic carbocycles. The number of aromatic nitrogens is 3. The average molecular weight is 456 g/mol. The number of nitrogens with one attached hydrogen (secondary N) is 1. The van der Waals surface area contributed by atoms with Crippen LogP contribution in [-0.4, -0.2) is 53.4 Å². The van der Waals surface area contributed by atoms with E-state index in [1.165, 1.54) is 0 Å². The van der Waals surface area contributed by atoms with Crippen molar-refractivity contribution in [3.8, 4) is 11.3 Å². The van der Waals surface area contributed by atoms with Crippen molar-refractivity contribution in [2.24, 2.45) is 5.92 Å². The van der Waals surface area contributed by atoms with Crippen LogP contribution in [0.1, 0.15) is 31.9 Å². The number of hydrogen-bond donors (Lipinski definition) is 1. The SMILES string of the molecule is CCOCCCNC(=O)C1CCN(c2cc(C)nc3cc(-c4ccc(Cl)cc4)nn23)CC1. The number of piperidine rings is 1. The van der Waals surface area contributed by atoms with Crippen LogP contribution in [-0.2, 0) is 9.53 Å². The number of amides is 1. The Morgan fingerprint density at radius 3 is 2.69 bits per heavy atom. The summed E-state index contributed by atoms with van der Waals surface area (Å²) < 4.78 is 7.23. The van der Waals surface area contributed by atoms with Gasteiger partial charge in [0.2, 0.25) is 5.91 Å². The van der Waals surface area contributed by atoms with Crippen LogP contribution in [0.5, 0.6) is 0 Å². The summed E-state index contributed by atoms with van der Waals surface area (Å²) >= 11 is 6.03. The smallest absolute Gasteiger partial charge is 0.223 e. The first-order chi connectivity index (χ1) is 15.5. The highest BCUT2D eigenvalue weighted by molar-refractivity contribution is 6.30. The van der Waals surface area contributed by atoms with E-state index in [-0.39, 0.29) is 11.8 Å². The minimum atomic E-state index is 0.0546. The van der Waals surface area contributed by atoms with E-state index in [0.29, 0.717) is 24.8 Å². The van der Waals surface area contributed by atoms with Gasteiger partial charge in [-0.05, 0) is 45.2 Å². The van der Waals surface area contributed by atoms with Crippen molar-refractivity contribution in [3.63, 3.8) is 0 Å². The number of ether oxygens (including phenoxy) is 1. The third-order valence-corrected chi connectivity index (χ3v) is 6.09. The number of benzene rings is 1. The highest BCUT2D eigenvalue weighted by atomic mass is 35.5. The molecule has 32 heavy (non-hydrogen) atoms. The Balaban J connectivity index is 1.44. The van der Waals surface area contributed by atoms with E-state index in [2.05, 4.69) is 21.3 Å². The van der Waals surface area contributed by atoms with Gasteiger partial charge in [-0.1, -0.05) is 23.7 Å². The number of anilines is 1. The molecule has 1 amide bonds. The van der Waals surface area contributed by atoms with E-state index in [4.69, 9.17) is 21.4 Å². The summed E-state index contributed by atoms with van der Waals surface area (Å²) in [4.78, 5) is 19.5. The third-order valence-electron chi connectivity index (χ3n) is 5.83. The van der Waals surface area contributed by atoms with Gasteiger partial charge in [-0.25, -0.2) is 4.98 Å². The quantitative estimate of drug-likeness (QED) is 0.517. The van der Waals surface area contributed by atoms with Crippen molar-refractivity contribution < 1.29 is 9.53 Å². The lowest BCUT2D eigenvalue weighted by Gasteiger charge is -2.33. The van der Waals surface area contributed by atoms with Gasteiger partial charge in [0.15, 0.2) is 5.65 Å². The molecular formula is C24H30ClN5O2. The molecule has 0 unspecified atom stereocenters. The lowest BCUT2D eigenvalue weighted by atomic mass is 9.96. The Kier molecular flexibility index (Phi) is 7.27. The van der Waals surface area contributed by atoms with Crippen LogP contribution < -0.4 is 10.2 Å². The van der Waals surface area contributed by atoms with Crippen molar-refractivity contribution in [1.82, 2.24) is 19.9 Å². The summed E-state index contributed by atoms with van der Waals surface area (Å²) in [6, 6.07) is 11.7. The number of carbonyl (C=O) groups is 1. The number of rotatable bonds is 8. The summed E-state index contributed by atoms with van der Waals surface area (Å²) in [5, 5.41) is 8.58. The van der Waals surface area contributed by atoms with E-state index < -0.39 is 0 Å². The first kappa shape index (κ1) is 22.6. The average Bonchev–Trinajstić information content (AvgIpc) is 3.22. The monoisotopic (exact) mass is 455 g/mol. The fourth-order valence-corrected chi connectivity index (χ4v) is 4.24. The fraction of sp³-hybridized carbons (Fsp3) is 0.458. The molecule has 4 rings (SSSR count). The van der Waals surface area contributed by atoms with Gasteiger partial charge in [0.25, 0.3) is 0 Å². The Morgan fingerprint density at radius 1 is 1.22 bits per heavy atom. The molecule has 1 saturated heterocycles. The second-order valence-corrected chi connectivity index (χ2v) is 8.60. The van der Waals surface area contributed by atoms with Crippen molar-refractivity contribution in [3.05, 3.63) is 47.1 Å². The molecule has 1 aliphatic heterocycles. The van der Waals surface area contributed by atoms with Crippen LogP contribution in [0.15, 0.2) is 36.4 Å². The van der Waals surface area contributed by atoms with Crippen molar-refractivity contribution >= 4 is 29.0 Å². The number of halogens is 1. The van der Waals surface area contributed by atoms with E-state index in [9.17, 15) is 4.79 Å². The van der Waals surface area contributed by atoms with Gasteiger partial charge in [-0.3, -0.25) is 4.79 Å². The molecule has 0 bridgehead atoms. The largest absolute Gasteiger partial charge is 0.382 e. The zero-order valence-electron chi connectivity index (χ0n) is 18.7. The zero-order valence-corrected chi connectivity index (χ0v) is 19.4. The zero-order chi connectivity index (χ0) is 22.5. The summed E-state index contributed by atoms with van der Waals surface area (Å²) in [7, 11) is 0. The lowest BCUT2D eigenvalue weighted by Crippen LogP contribution is -2.41. The molecule has 170 valence electrons. The molecule has 0 atom stereocenters. The molecule has 8 heteroatoms. The molecule has 1 N–H and O–H groups in total. The van der Waals surface area contributed by atoms with Crippen molar-refractivity contribution in [2.75, 3.05) is 37.7 Å². The van der Waals surface area contributed by atoms with Crippen molar-refractivity contribution in [1.29, 1.82) is 0 Å². The maximum absolute atomic E-state index is 12.5. The van der Waals surface area contributed by atoms with Crippen LogP contribution in [0, 0.1) is 12.8 Å². The number of nitrogens with zero attached hydrogens (tertiary/aromatic N) is 4. The normalized spacial score (nSPS) is 14.8. The van der Waals surface area contributed by atoms with Gasteiger partial charge in [-0.2, -0.15) is 9.61 Å².